The van der Waals surface area contributed by atoms with Gasteiger partial charge in [0.25, 0.3) is 5.89 Å². The Morgan fingerprint density at radius 3 is 2.44 bits per heavy atom. The normalized spacial score (nSPS) is 11.8. The first kappa shape index (κ1) is 15.3. The number of hydrogen-bond donors (Lipinski definition) is 0. The number of aromatic nitrogens is 3. The van der Waals surface area contributed by atoms with Crippen molar-refractivity contribution in [3.8, 4) is 23.0 Å². The van der Waals surface area contributed by atoms with Crippen LogP contribution in [-0.4, -0.2) is 15.2 Å². The topological polar surface area (TPSA) is 51.8 Å². The van der Waals surface area contributed by atoms with E-state index in [-0.39, 0.29) is 17.3 Å². The Balaban J connectivity index is 1.72. The monoisotopic (exact) mass is 341 g/mol. The van der Waals surface area contributed by atoms with Crippen LogP contribution in [0.25, 0.3) is 33.9 Å². The molecule has 25 heavy (non-hydrogen) atoms. The fraction of sp³-hybridized carbons (Fsp3) is 0.0556. The van der Waals surface area contributed by atoms with E-state index in [1.54, 1.807) is 6.07 Å². The number of nitrogens with zero attached hydrogens (tertiary/aromatic N) is 3. The van der Waals surface area contributed by atoms with Gasteiger partial charge in [-0.2, -0.15) is 13.2 Å². The van der Waals surface area contributed by atoms with E-state index < -0.39 is 11.7 Å². The van der Waals surface area contributed by atoms with E-state index in [0.717, 1.165) is 23.0 Å². The van der Waals surface area contributed by atoms with Crippen LogP contribution in [0.3, 0.4) is 0 Å². The van der Waals surface area contributed by atoms with Crippen LogP contribution >= 0.6 is 0 Å². The number of halogens is 3. The molecule has 0 bridgehead atoms. The van der Waals surface area contributed by atoms with Crippen molar-refractivity contribution in [3.05, 3.63) is 66.2 Å². The van der Waals surface area contributed by atoms with Gasteiger partial charge in [0.1, 0.15) is 5.69 Å². The van der Waals surface area contributed by atoms with E-state index in [9.17, 15) is 13.2 Å². The van der Waals surface area contributed by atoms with Gasteiger partial charge in [-0.15, -0.1) is 10.2 Å². The van der Waals surface area contributed by atoms with Crippen molar-refractivity contribution in [1.29, 1.82) is 0 Å². The van der Waals surface area contributed by atoms with Crippen LogP contribution < -0.4 is 0 Å². The zero-order valence-corrected chi connectivity index (χ0v) is 12.7. The van der Waals surface area contributed by atoms with Gasteiger partial charge >= 0.3 is 6.18 Å². The number of benzene rings is 2. The SMILES string of the molecule is FC(F)(F)c1cccc(-c2nnc(-c3ccc4ccccc4n3)o2)c1. The Labute approximate surface area is 140 Å². The Bertz CT molecular complexity index is 1060. The number of alkyl halides is 3. The second-order valence-corrected chi connectivity index (χ2v) is 5.38. The molecular weight excluding hydrogens is 331 g/mol. The molecular formula is C18H10F3N3O. The van der Waals surface area contributed by atoms with E-state index in [0.29, 0.717) is 5.69 Å². The predicted molar refractivity (Wildman–Crippen MR) is 85.5 cm³/mol. The molecule has 0 atom stereocenters. The molecule has 0 saturated carbocycles. The molecule has 0 fully saturated rings. The number of pyridine rings is 1. The summed E-state index contributed by atoms with van der Waals surface area (Å²) in [6.45, 7) is 0. The van der Waals surface area contributed by atoms with Crippen molar-refractivity contribution in [1.82, 2.24) is 15.2 Å². The Morgan fingerprint density at radius 1 is 0.800 bits per heavy atom. The fourth-order valence-electron chi connectivity index (χ4n) is 2.46. The summed E-state index contributed by atoms with van der Waals surface area (Å²) in [7, 11) is 0. The standard InChI is InChI=1S/C18H10F3N3O/c19-18(20,21)13-6-3-5-12(10-13)16-23-24-17(25-16)15-9-8-11-4-1-2-7-14(11)22-15/h1-10H. The van der Waals surface area contributed by atoms with Gasteiger partial charge in [0.05, 0.1) is 11.1 Å². The molecule has 0 spiro atoms. The van der Waals surface area contributed by atoms with E-state index in [1.807, 2.05) is 30.3 Å². The zero-order chi connectivity index (χ0) is 17.4. The van der Waals surface area contributed by atoms with Crippen molar-refractivity contribution < 1.29 is 17.6 Å². The van der Waals surface area contributed by atoms with E-state index in [4.69, 9.17) is 4.42 Å². The molecule has 0 aliphatic rings. The molecule has 2 heterocycles. The van der Waals surface area contributed by atoms with E-state index in [1.165, 1.54) is 12.1 Å². The molecule has 0 aliphatic heterocycles. The molecule has 4 rings (SSSR count). The molecule has 0 N–H and O–H groups in total. The first-order valence-electron chi connectivity index (χ1n) is 7.38. The Kier molecular flexibility index (Phi) is 3.49. The van der Waals surface area contributed by atoms with E-state index >= 15 is 0 Å². The highest BCUT2D eigenvalue weighted by atomic mass is 19.4. The average molecular weight is 341 g/mol. The summed E-state index contributed by atoms with van der Waals surface area (Å²) in [5, 5.41) is 8.71. The molecule has 0 radical (unpaired) electrons. The minimum atomic E-state index is -4.43. The third-order valence-corrected chi connectivity index (χ3v) is 3.68. The van der Waals surface area contributed by atoms with E-state index in [2.05, 4.69) is 15.2 Å². The lowest BCUT2D eigenvalue weighted by molar-refractivity contribution is -0.137. The van der Waals surface area contributed by atoms with Gasteiger partial charge in [0.15, 0.2) is 0 Å². The van der Waals surface area contributed by atoms with Crippen LogP contribution in [0, 0.1) is 0 Å². The summed E-state index contributed by atoms with van der Waals surface area (Å²) in [5.74, 6) is 0.161. The number of para-hydroxylation sites is 1. The van der Waals surface area contributed by atoms with Crippen LogP contribution in [0.15, 0.2) is 65.1 Å². The average Bonchev–Trinajstić information content (AvgIpc) is 3.11. The third kappa shape index (κ3) is 2.96. The van der Waals surface area contributed by atoms with Crippen molar-refractivity contribution in [2.75, 3.05) is 0 Å². The van der Waals surface area contributed by atoms with Crippen molar-refractivity contribution in [3.63, 3.8) is 0 Å². The van der Waals surface area contributed by atoms with Gasteiger partial charge in [-0.25, -0.2) is 4.98 Å². The second-order valence-electron chi connectivity index (χ2n) is 5.38. The first-order valence-corrected chi connectivity index (χ1v) is 7.38. The highest BCUT2D eigenvalue weighted by molar-refractivity contribution is 5.80. The summed E-state index contributed by atoms with van der Waals surface area (Å²) in [6, 6.07) is 15.9. The van der Waals surface area contributed by atoms with Crippen molar-refractivity contribution in [2.45, 2.75) is 6.18 Å². The lowest BCUT2D eigenvalue weighted by atomic mass is 10.1. The maximum absolute atomic E-state index is 12.8. The number of fused-ring (bicyclic) bond motifs is 1. The van der Waals surface area contributed by atoms with Gasteiger partial charge in [-0.3, -0.25) is 0 Å². The van der Waals surface area contributed by atoms with Crippen LogP contribution in [0.2, 0.25) is 0 Å². The van der Waals surface area contributed by atoms with Crippen LogP contribution in [0.4, 0.5) is 13.2 Å². The lowest BCUT2D eigenvalue weighted by Crippen LogP contribution is -2.04. The Hall–Kier alpha value is -3.22. The summed E-state index contributed by atoms with van der Waals surface area (Å²) < 4.78 is 44.0. The highest BCUT2D eigenvalue weighted by Crippen LogP contribution is 2.32. The van der Waals surface area contributed by atoms with Gasteiger partial charge in [0, 0.05) is 10.9 Å². The molecule has 0 amide bonds. The van der Waals surface area contributed by atoms with Crippen LogP contribution in [0.5, 0.6) is 0 Å². The molecule has 124 valence electrons. The molecule has 7 heteroatoms. The zero-order valence-electron chi connectivity index (χ0n) is 12.7. The molecule has 0 unspecified atom stereocenters. The summed E-state index contributed by atoms with van der Waals surface area (Å²) >= 11 is 0. The van der Waals surface area contributed by atoms with Crippen LogP contribution in [-0.2, 0) is 6.18 Å². The third-order valence-electron chi connectivity index (χ3n) is 3.68. The predicted octanol–water partition coefficient (Wildman–Crippen LogP) is 4.97. The van der Waals surface area contributed by atoms with Gasteiger partial charge in [-0.05, 0) is 30.3 Å². The molecule has 0 aliphatic carbocycles. The second kappa shape index (κ2) is 5.70. The molecule has 2 aromatic heterocycles. The molecule has 4 aromatic rings. The lowest BCUT2D eigenvalue weighted by Gasteiger charge is -2.06. The quantitative estimate of drug-likeness (QED) is 0.516. The van der Waals surface area contributed by atoms with Crippen molar-refractivity contribution >= 4 is 10.9 Å². The largest absolute Gasteiger partial charge is 0.416 e. The molecule has 0 saturated heterocycles. The maximum atomic E-state index is 12.8. The number of hydrogen-bond acceptors (Lipinski definition) is 4. The molecule has 2 aromatic carbocycles. The summed E-state index contributed by atoms with van der Waals surface area (Å²) in [6.07, 6.45) is -4.43. The minimum absolute atomic E-state index is 0.0102. The van der Waals surface area contributed by atoms with Gasteiger partial charge in [-0.1, -0.05) is 30.3 Å². The number of rotatable bonds is 2. The molecule has 4 nitrogen and oxygen atoms in total. The van der Waals surface area contributed by atoms with Gasteiger partial charge < -0.3 is 4.42 Å². The summed E-state index contributed by atoms with van der Waals surface area (Å²) in [4.78, 5) is 4.43. The van der Waals surface area contributed by atoms with Crippen LogP contribution in [0.1, 0.15) is 5.56 Å². The maximum Gasteiger partial charge on any atom is 0.416 e. The summed E-state index contributed by atoms with van der Waals surface area (Å²) in [5.41, 5.74) is 0.659. The Morgan fingerprint density at radius 2 is 1.60 bits per heavy atom. The fourth-order valence-corrected chi connectivity index (χ4v) is 2.46. The minimum Gasteiger partial charge on any atom is -0.415 e. The van der Waals surface area contributed by atoms with Gasteiger partial charge in [0.2, 0.25) is 5.89 Å². The smallest absolute Gasteiger partial charge is 0.415 e. The first-order chi connectivity index (χ1) is 12.0. The highest BCUT2D eigenvalue weighted by Gasteiger charge is 2.30. The van der Waals surface area contributed by atoms with Crippen molar-refractivity contribution in [2.24, 2.45) is 0 Å².